The van der Waals surface area contributed by atoms with Crippen LogP contribution < -0.4 is 0 Å². The molecular weight excluding hydrogens is 152 g/mol. The fourth-order valence-electron chi connectivity index (χ4n) is 1.20. The summed E-state index contributed by atoms with van der Waals surface area (Å²) in [5.74, 6) is 0. The molecule has 74 valence electrons. The van der Waals surface area contributed by atoms with Crippen LogP contribution in [0.15, 0.2) is 0 Å². The lowest BCUT2D eigenvalue weighted by Crippen LogP contribution is -2.30. The average Bonchev–Trinajstić information content (AvgIpc) is 2.05. The fourth-order valence-corrected chi connectivity index (χ4v) is 1.20. The van der Waals surface area contributed by atoms with Gasteiger partial charge >= 0.3 is 0 Å². The van der Waals surface area contributed by atoms with Crippen LogP contribution >= 0.6 is 0 Å². The highest BCUT2D eigenvalue weighted by Gasteiger charge is 2.28. The maximum Gasteiger partial charge on any atom is 0.0977 e. The first-order valence-corrected chi connectivity index (χ1v) is 4.88. The van der Waals surface area contributed by atoms with Gasteiger partial charge < -0.3 is 0 Å². The van der Waals surface area contributed by atoms with Crippen LogP contribution in [0.25, 0.3) is 0 Å². The minimum absolute atomic E-state index is 0.0116. The number of rotatable bonds is 6. The molecule has 0 heterocycles. The summed E-state index contributed by atoms with van der Waals surface area (Å²) in [6.45, 7) is 8.53. The second-order valence-electron chi connectivity index (χ2n) is 4.08. The van der Waals surface area contributed by atoms with Gasteiger partial charge in [-0.3, -0.25) is 5.26 Å². The van der Waals surface area contributed by atoms with Crippen LogP contribution in [0.3, 0.4) is 0 Å². The Hall–Kier alpha value is -0.0800. The zero-order valence-corrected chi connectivity index (χ0v) is 8.76. The Morgan fingerprint density at radius 3 is 2.25 bits per heavy atom. The van der Waals surface area contributed by atoms with Crippen LogP contribution in [0.2, 0.25) is 0 Å². The quantitative estimate of drug-likeness (QED) is 0.493. The van der Waals surface area contributed by atoms with Gasteiger partial charge in [0.05, 0.1) is 6.10 Å². The highest BCUT2D eigenvalue weighted by Crippen LogP contribution is 2.29. The van der Waals surface area contributed by atoms with E-state index in [1.807, 2.05) is 0 Å². The van der Waals surface area contributed by atoms with Crippen LogP contribution in [0.4, 0.5) is 0 Å². The van der Waals surface area contributed by atoms with Gasteiger partial charge in [0.25, 0.3) is 0 Å². The monoisotopic (exact) mass is 174 g/mol. The third-order valence-corrected chi connectivity index (χ3v) is 2.73. The zero-order valence-electron chi connectivity index (χ0n) is 8.76. The Labute approximate surface area is 75.9 Å². The van der Waals surface area contributed by atoms with E-state index in [9.17, 15) is 0 Å². The summed E-state index contributed by atoms with van der Waals surface area (Å²) < 4.78 is 0. The topological polar surface area (TPSA) is 29.5 Å². The van der Waals surface area contributed by atoms with Crippen molar-refractivity contribution in [1.82, 2.24) is 0 Å². The summed E-state index contributed by atoms with van der Waals surface area (Å²) in [6, 6.07) is 0. The molecule has 0 aliphatic carbocycles. The average molecular weight is 174 g/mol. The number of hydrogen-bond acceptors (Lipinski definition) is 2. The summed E-state index contributed by atoms with van der Waals surface area (Å²) in [5, 5.41) is 8.72. The highest BCUT2D eigenvalue weighted by molar-refractivity contribution is 4.76. The Bertz CT molecular complexity index is 110. The Kier molecular flexibility index (Phi) is 5.51. The lowest BCUT2D eigenvalue weighted by molar-refractivity contribution is -0.303. The smallest absolute Gasteiger partial charge is 0.0977 e. The molecule has 0 rings (SSSR count). The minimum atomic E-state index is -0.0116. The van der Waals surface area contributed by atoms with E-state index in [1.54, 1.807) is 0 Å². The molecule has 2 nitrogen and oxygen atoms in total. The second-order valence-corrected chi connectivity index (χ2v) is 4.08. The fraction of sp³-hybridized carbons (Fsp3) is 1.00. The van der Waals surface area contributed by atoms with E-state index in [0.29, 0.717) is 0 Å². The Balaban J connectivity index is 3.95. The van der Waals surface area contributed by atoms with Crippen molar-refractivity contribution in [2.45, 2.75) is 59.5 Å². The van der Waals surface area contributed by atoms with E-state index in [0.717, 1.165) is 25.7 Å². The summed E-state index contributed by atoms with van der Waals surface area (Å²) >= 11 is 0. The van der Waals surface area contributed by atoms with Crippen molar-refractivity contribution in [3.63, 3.8) is 0 Å². The first-order valence-electron chi connectivity index (χ1n) is 4.88. The van der Waals surface area contributed by atoms with Crippen LogP contribution in [0.5, 0.6) is 0 Å². The van der Waals surface area contributed by atoms with Crippen molar-refractivity contribution in [1.29, 1.82) is 0 Å². The summed E-state index contributed by atoms with van der Waals surface area (Å²) in [5.41, 5.74) is 0.0872. The van der Waals surface area contributed by atoms with Crippen LogP contribution in [0.1, 0.15) is 53.4 Å². The van der Waals surface area contributed by atoms with E-state index in [4.69, 9.17) is 5.26 Å². The molecule has 0 fully saturated rings. The van der Waals surface area contributed by atoms with Crippen molar-refractivity contribution >= 4 is 0 Å². The molecule has 0 aliphatic rings. The lowest BCUT2D eigenvalue weighted by Gasteiger charge is -2.30. The van der Waals surface area contributed by atoms with Crippen molar-refractivity contribution < 1.29 is 10.1 Å². The van der Waals surface area contributed by atoms with Crippen LogP contribution in [-0.4, -0.2) is 11.4 Å². The molecule has 0 radical (unpaired) electrons. The van der Waals surface area contributed by atoms with Gasteiger partial charge in [0.2, 0.25) is 0 Å². The van der Waals surface area contributed by atoms with Crippen molar-refractivity contribution in [3.05, 3.63) is 0 Å². The van der Waals surface area contributed by atoms with Crippen LogP contribution in [-0.2, 0) is 4.89 Å². The SMILES string of the molecule is CCCCC(OO)C(C)(C)CC. The molecule has 0 saturated carbocycles. The standard InChI is InChI=1S/C10H22O2/c1-5-7-8-9(12-11)10(3,4)6-2/h9,11H,5-8H2,1-4H3. The Morgan fingerprint density at radius 1 is 1.33 bits per heavy atom. The predicted molar refractivity (Wildman–Crippen MR) is 51.1 cm³/mol. The van der Waals surface area contributed by atoms with Crippen molar-refractivity contribution in [2.24, 2.45) is 5.41 Å². The maximum atomic E-state index is 8.72. The first-order chi connectivity index (χ1) is 5.58. The molecule has 0 aromatic carbocycles. The molecule has 0 aliphatic heterocycles. The van der Waals surface area contributed by atoms with Gasteiger partial charge in [-0.05, 0) is 18.3 Å². The molecule has 0 aromatic rings. The van der Waals surface area contributed by atoms with Gasteiger partial charge in [-0.15, -0.1) is 0 Å². The van der Waals surface area contributed by atoms with Gasteiger partial charge in [0.15, 0.2) is 0 Å². The molecule has 0 saturated heterocycles. The molecule has 0 spiro atoms. The van der Waals surface area contributed by atoms with Crippen molar-refractivity contribution in [3.8, 4) is 0 Å². The van der Waals surface area contributed by atoms with Gasteiger partial charge in [-0.1, -0.05) is 40.5 Å². The lowest BCUT2D eigenvalue weighted by atomic mass is 9.81. The maximum absolute atomic E-state index is 8.72. The molecule has 0 bridgehead atoms. The molecule has 0 aromatic heterocycles. The third-order valence-electron chi connectivity index (χ3n) is 2.73. The Morgan fingerprint density at radius 2 is 1.92 bits per heavy atom. The van der Waals surface area contributed by atoms with Crippen LogP contribution in [0, 0.1) is 5.41 Å². The van der Waals surface area contributed by atoms with Gasteiger partial charge in [0.1, 0.15) is 0 Å². The van der Waals surface area contributed by atoms with Gasteiger partial charge in [0, 0.05) is 0 Å². The summed E-state index contributed by atoms with van der Waals surface area (Å²) in [6.07, 6.45) is 4.24. The van der Waals surface area contributed by atoms with Gasteiger partial charge in [-0.2, -0.15) is 0 Å². The summed E-state index contributed by atoms with van der Waals surface area (Å²) in [7, 11) is 0. The largest absolute Gasteiger partial charge is 0.252 e. The number of unbranched alkanes of at least 4 members (excludes halogenated alkanes) is 1. The molecular formula is C10H22O2. The predicted octanol–water partition coefficient (Wildman–Crippen LogP) is 3.47. The molecule has 1 unspecified atom stereocenters. The molecule has 2 heteroatoms. The molecule has 12 heavy (non-hydrogen) atoms. The van der Waals surface area contributed by atoms with Gasteiger partial charge in [-0.25, -0.2) is 4.89 Å². The molecule has 1 atom stereocenters. The second kappa shape index (κ2) is 5.55. The van der Waals surface area contributed by atoms with E-state index < -0.39 is 0 Å². The van der Waals surface area contributed by atoms with E-state index in [2.05, 4.69) is 32.6 Å². The van der Waals surface area contributed by atoms with Crippen molar-refractivity contribution in [2.75, 3.05) is 0 Å². The molecule has 1 N–H and O–H groups in total. The third kappa shape index (κ3) is 3.55. The van der Waals surface area contributed by atoms with E-state index in [-0.39, 0.29) is 11.5 Å². The first kappa shape index (κ1) is 11.9. The van der Waals surface area contributed by atoms with E-state index >= 15 is 0 Å². The minimum Gasteiger partial charge on any atom is -0.252 e. The highest BCUT2D eigenvalue weighted by atomic mass is 17.1. The summed E-state index contributed by atoms with van der Waals surface area (Å²) in [4.78, 5) is 4.51. The normalized spacial score (nSPS) is 14.8. The number of hydrogen-bond donors (Lipinski definition) is 1. The molecule has 0 amide bonds. The zero-order chi connectivity index (χ0) is 9.61. The van der Waals surface area contributed by atoms with E-state index in [1.165, 1.54) is 0 Å².